The van der Waals surface area contributed by atoms with Crippen molar-refractivity contribution in [2.45, 2.75) is 32.4 Å². The van der Waals surface area contributed by atoms with Crippen molar-refractivity contribution in [2.75, 3.05) is 0 Å². The van der Waals surface area contributed by atoms with Gasteiger partial charge in [0.1, 0.15) is 5.82 Å². The first-order chi connectivity index (χ1) is 8.86. The predicted molar refractivity (Wildman–Crippen MR) is 64.6 cm³/mol. The van der Waals surface area contributed by atoms with Crippen molar-refractivity contribution in [1.29, 1.82) is 0 Å². The SMILES string of the molecule is Cc1cc(F)cc2c3c([nH]c12)CCC(C(F)(F)F)C3. The van der Waals surface area contributed by atoms with Crippen LogP contribution in [0.1, 0.15) is 23.2 Å². The number of fused-ring (bicyclic) bond motifs is 3. The van der Waals surface area contributed by atoms with Crippen molar-refractivity contribution >= 4 is 10.9 Å². The summed E-state index contributed by atoms with van der Waals surface area (Å²) in [6.45, 7) is 1.76. The summed E-state index contributed by atoms with van der Waals surface area (Å²) in [6.07, 6.45) is -3.76. The quantitative estimate of drug-likeness (QED) is 0.688. The molecule has 2 aromatic rings. The van der Waals surface area contributed by atoms with Crippen LogP contribution in [-0.2, 0) is 12.8 Å². The van der Waals surface area contributed by atoms with E-state index in [1.165, 1.54) is 12.1 Å². The van der Waals surface area contributed by atoms with Crippen LogP contribution in [0.3, 0.4) is 0 Å². The minimum Gasteiger partial charge on any atom is -0.358 e. The molecule has 1 aliphatic rings. The van der Waals surface area contributed by atoms with Crippen LogP contribution in [0, 0.1) is 18.7 Å². The Morgan fingerprint density at radius 3 is 2.68 bits per heavy atom. The van der Waals surface area contributed by atoms with E-state index in [0.29, 0.717) is 17.4 Å². The third-order valence-electron chi connectivity index (χ3n) is 3.92. The third kappa shape index (κ3) is 2.01. The van der Waals surface area contributed by atoms with Crippen molar-refractivity contribution in [3.05, 3.63) is 34.8 Å². The van der Waals surface area contributed by atoms with E-state index in [1.807, 2.05) is 0 Å². The summed E-state index contributed by atoms with van der Waals surface area (Å²) in [6, 6.07) is 2.72. The molecule has 19 heavy (non-hydrogen) atoms. The molecule has 1 unspecified atom stereocenters. The second-order valence-electron chi connectivity index (χ2n) is 5.21. The lowest BCUT2D eigenvalue weighted by atomic mass is 9.86. The maximum absolute atomic E-state index is 13.4. The van der Waals surface area contributed by atoms with Gasteiger partial charge in [0.2, 0.25) is 0 Å². The highest BCUT2D eigenvalue weighted by Crippen LogP contribution is 2.40. The molecule has 1 nitrogen and oxygen atoms in total. The van der Waals surface area contributed by atoms with Gasteiger partial charge in [-0.15, -0.1) is 0 Å². The molecule has 1 heterocycles. The van der Waals surface area contributed by atoms with E-state index in [-0.39, 0.29) is 12.8 Å². The molecule has 0 amide bonds. The van der Waals surface area contributed by atoms with Gasteiger partial charge in [-0.2, -0.15) is 13.2 Å². The zero-order valence-electron chi connectivity index (χ0n) is 10.4. The lowest BCUT2D eigenvalue weighted by Gasteiger charge is -2.24. The van der Waals surface area contributed by atoms with E-state index in [9.17, 15) is 17.6 Å². The lowest BCUT2D eigenvalue weighted by molar-refractivity contribution is -0.177. The summed E-state index contributed by atoms with van der Waals surface area (Å²) >= 11 is 0. The minimum atomic E-state index is -4.18. The Hall–Kier alpha value is -1.52. The highest BCUT2D eigenvalue weighted by molar-refractivity contribution is 5.87. The second-order valence-corrected chi connectivity index (χ2v) is 5.21. The molecule has 0 radical (unpaired) electrons. The first-order valence-electron chi connectivity index (χ1n) is 6.22. The molecule has 0 fully saturated rings. The van der Waals surface area contributed by atoms with E-state index in [1.54, 1.807) is 6.92 Å². The van der Waals surface area contributed by atoms with E-state index >= 15 is 0 Å². The number of H-pyrrole nitrogens is 1. The fraction of sp³-hybridized carbons (Fsp3) is 0.429. The smallest absolute Gasteiger partial charge is 0.358 e. The van der Waals surface area contributed by atoms with Crippen molar-refractivity contribution in [3.63, 3.8) is 0 Å². The number of aromatic nitrogens is 1. The van der Waals surface area contributed by atoms with Gasteiger partial charge in [-0.3, -0.25) is 0 Å². The molecule has 1 aliphatic carbocycles. The third-order valence-corrected chi connectivity index (χ3v) is 3.92. The van der Waals surface area contributed by atoms with Crippen LogP contribution in [0.25, 0.3) is 10.9 Å². The van der Waals surface area contributed by atoms with E-state index in [2.05, 4.69) is 4.98 Å². The summed E-state index contributed by atoms with van der Waals surface area (Å²) in [4.78, 5) is 3.15. The summed E-state index contributed by atoms with van der Waals surface area (Å²) in [5, 5.41) is 0.599. The average Bonchev–Trinajstić information content (AvgIpc) is 2.66. The van der Waals surface area contributed by atoms with Crippen LogP contribution in [0.15, 0.2) is 12.1 Å². The number of aryl methyl sites for hydroxylation is 2. The normalized spacial score (nSPS) is 19.7. The topological polar surface area (TPSA) is 15.8 Å². The number of rotatable bonds is 0. The molecular weight excluding hydrogens is 258 g/mol. The van der Waals surface area contributed by atoms with Gasteiger partial charge in [0, 0.05) is 16.6 Å². The summed E-state index contributed by atoms with van der Waals surface area (Å²) in [5.74, 6) is -1.72. The number of aromatic amines is 1. The molecule has 0 saturated heterocycles. The van der Waals surface area contributed by atoms with Crippen LogP contribution in [0.2, 0.25) is 0 Å². The lowest BCUT2D eigenvalue weighted by Crippen LogP contribution is -2.28. The van der Waals surface area contributed by atoms with E-state index in [4.69, 9.17) is 0 Å². The maximum atomic E-state index is 13.4. The molecule has 1 atom stereocenters. The Balaban J connectivity index is 2.13. The molecule has 0 bridgehead atoms. The highest BCUT2D eigenvalue weighted by Gasteiger charge is 2.41. The van der Waals surface area contributed by atoms with Gasteiger partial charge in [0.05, 0.1) is 5.92 Å². The Bertz CT molecular complexity index is 639. The predicted octanol–water partition coefficient (Wildman–Crippen LogP) is 4.28. The number of benzene rings is 1. The molecule has 0 spiro atoms. The molecule has 3 rings (SSSR count). The molecule has 5 heteroatoms. The number of nitrogens with one attached hydrogen (secondary N) is 1. The number of hydrogen-bond acceptors (Lipinski definition) is 0. The molecule has 1 N–H and O–H groups in total. The molecule has 0 saturated carbocycles. The second kappa shape index (κ2) is 3.99. The van der Waals surface area contributed by atoms with E-state index < -0.39 is 17.9 Å². The van der Waals surface area contributed by atoms with Gasteiger partial charge in [0.25, 0.3) is 0 Å². The Morgan fingerprint density at radius 1 is 1.26 bits per heavy atom. The molecule has 1 aromatic carbocycles. The minimum absolute atomic E-state index is 0.0538. The Morgan fingerprint density at radius 2 is 2.00 bits per heavy atom. The number of halogens is 4. The molecular formula is C14H13F4N. The zero-order chi connectivity index (χ0) is 13.8. The highest BCUT2D eigenvalue weighted by atomic mass is 19.4. The van der Waals surface area contributed by atoms with Crippen molar-refractivity contribution in [1.82, 2.24) is 4.98 Å². The van der Waals surface area contributed by atoms with Crippen molar-refractivity contribution in [3.8, 4) is 0 Å². The van der Waals surface area contributed by atoms with E-state index in [0.717, 1.165) is 16.8 Å². The van der Waals surface area contributed by atoms with Gasteiger partial charge < -0.3 is 4.98 Å². The summed E-state index contributed by atoms with van der Waals surface area (Å²) < 4.78 is 51.9. The first kappa shape index (κ1) is 12.5. The van der Waals surface area contributed by atoms with Gasteiger partial charge in [-0.1, -0.05) is 0 Å². The van der Waals surface area contributed by atoms with Gasteiger partial charge in [0.15, 0.2) is 0 Å². The van der Waals surface area contributed by atoms with Crippen LogP contribution >= 0.6 is 0 Å². The molecule has 1 aromatic heterocycles. The van der Waals surface area contributed by atoms with Gasteiger partial charge >= 0.3 is 6.18 Å². The first-order valence-corrected chi connectivity index (χ1v) is 6.22. The molecule has 102 valence electrons. The average molecular weight is 271 g/mol. The van der Waals surface area contributed by atoms with Crippen molar-refractivity contribution in [2.24, 2.45) is 5.92 Å². The summed E-state index contributed by atoms with van der Waals surface area (Å²) in [5.41, 5.74) is 2.94. The van der Waals surface area contributed by atoms with Crippen molar-refractivity contribution < 1.29 is 17.6 Å². The van der Waals surface area contributed by atoms with Crippen LogP contribution in [0.4, 0.5) is 17.6 Å². The van der Waals surface area contributed by atoms with Crippen LogP contribution in [0.5, 0.6) is 0 Å². The van der Waals surface area contributed by atoms with Gasteiger partial charge in [-0.25, -0.2) is 4.39 Å². The largest absolute Gasteiger partial charge is 0.392 e. The summed E-state index contributed by atoms with van der Waals surface area (Å²) in [7, 11) is 0. The standard InChI is InChI=1S/C14H13F4N/c1-7-4-9(15)6-11-10-5-8(14(16,17)18)2-3-12(10)19-13(7)11/h4,6,8,19H,2-3,5H2,1H3. The Kier molecular flexibility index (Phi) is 2.62. The number of hydrogen-bond donors (Lipinski definition) is 1. The fourth-order valence-electron chi connectivity index (χ4n) is 2.93. The monoisotopic (exact) mass is 271 g/mol. The van der Waals surface area contributed by atoms with Gasteiger partial charge in [-0.05, 0) is 49.4 Å². The fourth-order valence-corrected chi connectivity index (χ4v) is 2.93. The Labute approximate surface area is 107 Å². The zero-order valence-corrected chi connectivity index (χ0v) is 10.4. The molecule has 0 aliphatic heterocycles. The van der Waals surface area contributed by atoms with Crippen LogP contribution < -0.4 is 0 Å². The maximum Gasteiger partial charge on any atom is 0.392 e. The number of alkyl halides is 3. The van der Waals surface area contributed by atoms with Crippen LogP contribution in [-0.4, -0.2) is 11.2 Å².